The van der Waals surface area contributed by atoms with Gasteiger partial charge < -0.3 is 9.84 Å². The number of nitrogens with zero attached hydrogens (tertiary/aromatic N) is 2. The molecular weight excluding hydrogens is 209 g/mol. The van der Waals surface area contributed by atoms with Gasteiger partial charge in [-0.25, -0.2) is 4.39 Å². The van der Waals surface area contributed by atoms with E-state index in [2.05, 4.69) is 15.5 Å². The Morgan fingerprint density at radius 3 is 2.81 bits per heavy atom. The third-order valence-electron chi connectivity index (χ3n) is 2.21. The number of hydrogen-bond acceptors (Lipinski definition) is 4. The van der Waals surface area contributed by atoms with Crippen LogP contribution in [-0.4, -0.2) is 10.1 Å². The Balaban J connectivity index is 2.02. The molecule has 1 aromatic heterocycles. The molecular formula is C11H12FN3O. The molecule has 84 valence electrons. The Labute approximate surface area is 92.5 Å². The molecule has 0 radical (unpaired) electrons. The summed E-state index contributed by atoms with van der Waals surface area (Å²) in [5.41, 5.74) is 1.47. The molecule has 16 heavy (non-hydrogen) atoms. The van der Waals surface area contributed by atoms with Crippen LogP contribution in [0.25, 0.3) is 0 Å². The summed E-state index contributed by atoms with van der Waals surface area (Å²) < 4.78 is 18.1. The first-order valence-electron chi connectivity index (χ1n) is 4.94. The lowest BCUT2D eigenvalue weighted by Gasteiger charge is -2.03. The Hall–Kier alpha value is -1.91. The summed E-state index contributed by atoms with van der Waals surface area (Å²) in [6.45, 7) is 3.92. The SMILES string of the molecule is Cc1noc(NCc2ccc(C)c(F)c2)n1. The Kier molecular flexibility index (Phi) is 2.85. The number of hydrogen-bond donors (Lipinski definition) is 1. The van der Waals surface area contributed by atoms with Gasteiger partial charge in [0.15, 0.2) is 5.82 Å². The first-order chi connectivity index (χ1) is 7.65. The first kappa shape index (κ1) is 10.6. The largest absolute Gasteiger partial charge is 0.334 e. The summed E-state index contributed by atoms with van der Waals surface area (Å²) in [6, 6.07) is 5.43. The van der Waals surface area contributed by atoms with E-state index in [0.29, 0.717) is 23.9 Å². The maximum absolute atomic E-state index is 13.2. The lowest BCUT2D eigenvalue weighted by Crippen LogP contribution is -2.00. The van der Waals surface area contributed by atoms with Crippen molar-refractivity contribution in [2.45, 2.75) is 20.4 Å². The minimum Gasteiger partial charge on any atom is -0.334 e. The van der Waals surface area contributed by atoms with Crippen LogP contribution in [0.3, 0.4) is 0 Å². The number of anilines is 1. The maximum Gasteiger partial charge on any atom is 0.321 e. The molecule has 2 rings (SSSR count). The van der Waals surface area contributed by atoms with E-state index in [-0.39, 0.29) is 5.82 Å². The van der Waals surface area contributed by atoms with Gasteiger partial charge in [-0.05, 0) is 31.0 Å². The molecule has 0 atom stereocenters. The molecule has 0 bridgehead atoms. The third kappa shape index (κ3) is 2.36. The summed E-state index contributed by atoms with van der Waals surface area (Å²) >= 11 is 0. The van der Waals surface area contributed by atoms with E-state index in [9.17, 15) is 4.39 Å². The third-order valence-corrected chi connectivity index (χ3v) is 2.21. The molecule has 0 aliphatic carbocycles. The molecule has 0 unspecified atom stereocenters. The van der Waals surface area contributed by atoms with Crippen molar-refractivity contribution in [1.29, 1.82) is 0 Å². The minimum atomic E-state index is -0.207. The number of halogens is 1. The minimum absolute atomic E-state index is 0.207. The molecule has 0 aliphatic rings. The van der Waals surface area contributed by atoms with Crippen molar-refractivity contribution in [3.63, 3.8) is 0 Å². The van der Waals surface area contributed by atoms with Gasteiger partial charge in [0.2, 0.25) is 0 Å². The highest BCUT2D eigenvalue weighted by molar-refractivity contribution is 5.27. The van der Waals surface area contributed by atoms with Crippen LogP contribution in [0.4, 0.5) is 10.4 Å². The Bertz CT molecular complexity index is 496. The van der Waals surface area contributed by atoms with Gasteiger partial charge in [0.1, 0.15) is 5.82 Å². The molecule has 1 heterocycles. The molecule has 0 saturated heterocycles. The maximum atomic E-state index is 13.2. The monoisotopic (exact) mass is 221 g/mol. The van der Waals surface area contributed by atoms with Crippen molar-refractivity contribution in [3.8, 4) is 0 Å². The quantitative estimate of drug-likeness (QED) is 0.864. The second-order valence-corrected chi connectivity index (χ2v) is 3.58. The predicted molar refractivity (Wildman–Crippen MR) is 57.5 cm³/mol. The van der Waals surface area contributed by atoms with E-state index in [1.54, 1.807) is 19.9 Å². The van der Waals surface area contributed by atoms with Crippen LogP contribution in [-0.2, 0) is 6.54 Å². The number of aromatic nitrogens is 2. The average molecular weight is 221 g/mol. The zero-order valence-corrected chi connectivity index (χ0v) is 9.12. The van der Waals surface area contributed by atoms with Gasteiger partial charge >= 0.3 is 6.01 Å². The highest BCUT2D eigenvalue weighted by Crippen LogP contribution is 2.11. The molecule has 0 aliphatic heterocycles. The van der Waals surface area contributed by atoms with Gasteiger partial charge in [-0.1, -0.05) is 17.3 Å². The molecule has 5 heteroatoms. The summed E-state index contributed by atoms with van der Waals surface area (Å²) in [7, 11) is 0. The van der Waals surface area contributed by atoms with E-state index in [1.165, 1.54) is 6.07 Å². The van der Waals surface area contributed by atoms with E-state index < -0.39 is 0 Å². The van der Waals surface area contributed by atoms with E-state index in [1.807, 2.05) is 6.07 Å². The van der Waals surface area contributed by atoms with Crippen molar-refractivity contribution in [2.75, 3.05) is 5.32 Å². The van der Waals surface area contributed by atoms with Gasteiger partial charge in [0.05, 0.1) is 0 Å². The van der Waals surface area contributed by atoms with E-state index >= 15 is 0 Å². The van der Waals surface area contributed by atoms with Crippen LogP contribution in [0.1, 0.15) is 17.0 Å². The Morgan fingerprint density at radius 2 is 2.19 bits per heavy atom. The fourth-order valence-corrected chi connectivity index (χ4v) is 1.29. The first-order valence-corrected chi connectivity index (χ1v) is 4.94. The fourth-order valence-electron chi connectivity index (χ4n) is 1.29. The van der Waals surface area contributed by atoms with Crippen molar-refractivity contribution in [2.24, 2.45) is 0 Å². The van der Waals surface area contributed by atoms with Gasteiger partial charge in [-0.15, -0.1) is 0 Å². The van der Waals surface area contributed by atoms with Gasteiger partial charge in [-0.3, -0.25) is 0 Å². The molecule has 4 nitrogen and oxygen atoms in total. The Morgan fingerprint density at radius 1 is 1.38 bits per heavy atom. The van der Waals surface area contributed by atoms with Gasteiger partial charge in [0.25, 0.3) is 0 Å². The van der Waals surface area contributed by atoms with Crippen LogP contribution >= 0.6 is 0 Å². The molecule has 0 amide bonds. The zero-order valence-electron chi connectivity index (χ0n) is 9.12. The van der Waals surface area contributed by atoms with E-state index in [0.717, 1.165) is 5.56 Å². The van der Waals surface area contributed by atoms with Crippen LogP contribution < -0.4 is 5.32 Å². The highest BCUT2D eigenvalue weighted by atomic mass is 19.1. The summed E-state index contributed by atoms with van der Waals surface area (Å²) in [6.07, 6.45) is 0. The number of aryl methyl sites for hydroxylation is 2. The summed E-state index contributed by atoms with van der Waals surface area (Å²) in [5.74, 6) is 0.360. The molecule has 1 aromatic carbocycles. The van der Waals surface area contributed by atoms with Crippen LogP contribution in [0.15, 0.2) is 22.7 Å². The van der Waals surface area contributed by atoms with Crippen LogP contribution in [0, 0.1) is 19.7 Å². The average Bonchev–Trinajstić information content (AvgIpc) is 2.66. The summed E-state index contributed by atoms with van der Waals surface area (Å²) in [4.78, 5) is 3.98. The molecule has 0 fully saturated rings. The second-order valence-electron chi connectivity index (χ2n) is 3.58. The topological polar surface area (TPSA) is 51.0 Å². The standard InChI is InChI=1S/C11H12FN3O/c1-7-3-4-9(5-10(7)12)6-13-11-14-8(2)15-16-11/h3-5H,6H2,1-2H3,(H,13,14,15). The normalized spacial score (nSPS) is 10.4. The van der Waals surface area contributed by atoms with Crippen molar-refractivity contribution in [1.82, 2.24) is 10.1 Å². The van der Waals surface area contributed by atoms with Crippen molar-refractivity contribution < 1.29 is 8.91 Å². The highest BCUT2D eigenvalue weighted by Gasteiger charge is 2.03. The lowest BCUT2D eigenvalue weighted by molar-refractivity contribution is 0.425. The zero-order chi connectivity index (χ0) is 11.5. The van der Waals surface area contributed by atoms with Crippen LogP contribution in [0.2, 0.25) is 0 Å². The van der Waals surface area contributed by atoms with Crippen LogP contribution in [0.5, 0.6) is 0 Å². The fraction of sp³-hybridized carbons (Fsp3) is 0.273. The lowest BCUT2D eigenvalue weighted by atomic mass is 10.1. The van der Waals surface area contributed by atoms with Gasteiger partial charge in [-0.2, -0.15) is 4.98 Å². The smallest absolute Gasteiger partial charge is 0.321 e. The number of benzene rings is 1. The predicted octanol–water partition coefficient (Wildman–Crippen LogP) is 2.44. The summed E-state index contributed by atoms with van der Waals surface area (Å²) in [5, 5.41) is 6.56. The molecule has 2 aromatic rings. The van der Waals surface area contributed by atoms with E-state index in [4.69, 9.17) is 4.52 Å². The number of rotatable bonds is 3. The number of nitrogens with one attached hydrogen (secondary N) is 1. The molecule has 0 saturated carbocycles. The van der Waals surface area contributed by atoms with Gasteiger partial charge in [0, 0.05) is 6.54 Å². The van der Waals surface area contributed by atoms with Crippen molar-refractivity contribution >= 4 is 6.01 Å². The molecule has 0 spiro atoms. The second kappa shape index (κ2) is 4.30. The molecule has 1 N–H and O–H groups in total. The van der Waals surface area contributed by atoms with Crippen molar-refractivity contribution in [3.05, 3.63) is 41.0 Å².